The van der Waals surface area contributed by atoms with Gasteiger partial charge in [0.2, 0.25) is 0 Å². The summed E-state index contributed by atoms with van der Waals surface area (Å²) in [6, 6.07) is 13.9. The van der Waals surface area contributed by atoms with E-state index in [1.807, 2.05) is 36.4 Å². The van der Waals surface area contributed by atoms with Crippen LogP contribution in [0.25, 0.3) is 6.08 Å². The van der Waals surface area contributed by atoms with E-state index < -0.39 is 5.97 Å². The monoisotopic (exact) mass is 461 g/mol. The largest absolute Gasteiger partial charge is 0.493 e. The van der Waals surface area contributed by atoms with Crippen LogP contribution < -0.4 is 9.47 Å². The average molecular weight is 462 g/mol. The Bertz CT molecular complexity index is 1130. The number of ketones is 1. The van der Waals surface area contributed by atoms with Gasteiger partial charge < -0.3 is 19.1 Å². The van der Waals surface area contributed by atoms with Gasteiger partial charge in [-0.05, 0) is 62.0 Å². The summed E-state index contributed by atoms with van der Waals surface area (Å²) in [6.45, 7) is 0.893. The predicted molar refractivity (Wildman–Crippen MR) is 129 cm³/mol. The number of carbonyl (C=O) groups excluding carboxylic acids is 2. The highest BCUT2D eigenvalue weighted by Gasteiger charge is 2.58. The summed E-state index contributed by atoms with van der Waals surface area (Å²) in [6.07, 6.45) is 5.56. The maximum atomic E-state index is 13.1. The molecule has 0 unspecified atom stereocenters. The van der Waals surface area contributed by atoms with Crippen LogP contribution in [0.4, 0.5) is 0 Å². The van der Waals surface area contributed by atoms with Crippen LogP contribution in [0.3, 0.4) is 0 Å². The van der Waals surface area contributed by atoms with Crippen molar-refractivity contribution in [2.24, 2.45) is 5.92 Å². The number of benzene rings is 2. The maximum Gasteiger partial charge on any atom is 0.336 e. The molecular formula is C28H31NO5. The van der Waals surface area contributed by atoms with Gasteiger partial charge in [0.1, 0.15) is 6.10 Å². The number of hydrogen-bond acceptors (Lipinski definition) is 6. The number of esters is 1. The lowest BCUT2D eigenvalue weighted by Gasteiger charge is -2.58. The van der Waals surface area contributed by atoms with Crippen LogP contribution in [0.2, 0.25) is 0 Å². The Morgan fingerprint density at radius 1 is 1.15 bits per heavy atom. The molecule has 178 valence electrons. The second-order valence-electron chi connectivity index (χ2n) is 9.66. The molecule has 0 aromatic heterocycles. The zero-order valence-electron chi connectivity index (χ0n) is 20.0. The van der Waals surface area contributed by atoms with Gasteiger partial charge in [-0.25, -0.2) is 4.79 Å². The van der Waals surface area contributed by atoms with Crippen molar-refractivity contribution < 1.29 is 23.8 Å². The van der Waals surface area contributed by atoms with Crippen LogP contribution >= 0.6 is 0 Å². The first kappa shape index (κ1) is 22.8. The fraction of sp³-hybridized carbons (Fsp3) is 0.429. The second-order valence-corrected chi connectivity index (χ2v) is 9.66. The fourth-order valence-corrected chi connectivity index (χ4v) is 6.39. The summed E-state index contributed by atoms with van der Waals surface area (Å²) in [5.41, 5.74) is 2.64. The third-order valence-corrected chi connectivity index (χ3v) is 8.02. The summed E-state index contributed by atoms with van der Waals surface area (Å²) >= 11 is 0. The Kier molecular flexibility index (Phi) is 6.04. The number of carbonyl (C=O) groups is 2. The molecule has 34 heavy (non-hydrogen) atoms. The van der Waals surface area contributed by atoms with Crippen molar-refractivity contribution in [2.75, 3.05) is 27.8 Å². The van der Waals surface area contributed by atoms with Crippen molar-refractivity contribution in [2.45, 2.75) is 43.2 Å². The summed E-state index contributed by atoms with van der Waals surface area (Å²) in [5, 5.41) is 0. The SMILES string of the molecule is COc1ccc2c(c1OC(=O)/C=C/c1ccccc1)[C@@]13CCN(C)[C@@H](C2)[C@H]1C[C@@H](OC)C(=O)C3. The van der Waals surface area contributed by atoms with Gasteiger partial charge in [-0.2, -0.15) is 0 Å². The van der Waals surface area contributed by atoms with E-state index >= 15 is 0 Å². The number of Topliss-reactive ketones (excluding diaryl/α,β-unsaturated/α-hetero) is 1. The molecule has 1 heterocycles. The van der Waals surface area contributed by atoms with Gasteiger partial charge >= 0.3 is 5.97 Å². The zero-order chi connectivity index (χ0) is 23.9. The number of ether oxygens (including phenoxy) is 3. The molecule has 1 saturated heterocycles. The molecule has 3 aliphatic rings. The van der Waals surface area contributed by atoms with E-state index in [0.29, 0.717) is 30.4 Å². The highest BCUT2D eigenvalue weighted by molar-refractivity contribution is 5.90. The van der Waals surface area contributed by atoms with Gasteiger partial charge in [0.05, 0.1) is 7.11 Å². The van der Waals surface area contributed by atoms with E-state index in [0.717, 1.165) is 36.1 Å². The zero-order valence-corrected chi connectivity index (χ0v) is 20.0. The van der Waals surface area contributed by atoms with Crippen LogP contribution in [-0.2, 0) is 26.2 Å². The second kappa shape index (κ2) is 9.01. The number of fused-ring (bicyclic) bond motifs is 1. The average Bonchev–Trinajstić information content (AvgIpc) is 2.85. The van der Waals surface area contributed by atoms with Gasteiger partial charge in [0, 0.05) is 36.6 Å². The minimum absolute atomic E-state index is 0.124. The van der Waals surface area contributed by atoms with Crippen molar-refractivity contribution in [3.05, 3.63) is 65.2 Å². The van der Waals surface area contributed by atoms with E-state index in [1.165, 1.54) is 6.08 Å². The van der Waals surface area contributed by atoms with Crippen LogP contribution in [0.15, 0.2) is 48.5 Å². The van der Waals surface area contributed by atoms with Crippen molar-refractivity contribution >= 4 is 17.8 Å². The lowest BCUT2D eigenvalue weighted by atomic mass is 9.51. The molecular weight excluding hydrogens is 430 g/mol. The van der Waals surface area contributed by atoms with Gasteiger partial charge in [-0.15, -0.1) is 0 Å². The Hall–Kier alpha value is -2.96. The molecule has 5 rings (SSSR count). The number of piperidine rings is 1. The Labute approximate surface area is 200 Å². The predicted octanol–water partition coefficient (Wildman–Crippen LogP) is 3.81. The number of methoxy groups -OCH3 is 2. The molecule has 0 amide bonds. The van der Waals surface area contributed by atoms with Crippen molar-refractivity contribution in [1.29, 1.82) is 0 Å². The minimum atomic E-state index is -0.463. The third-order valence-electron chi connectivity index (χ3n) is 8.02. The Morgan fingerprint density at radius 2 is 1.94 bits per heavy atom. The van der Waals surface area contributed by atoms with E-state index in [9.17, 15) is 9.59 Å². The molecule has 2 bridgehead atoms. The fourth-order valence-electron chi connectivity index (χ4n) is 6.39. The molecule has 1 aliphatic heterocycles. The molecule has 1 saturated carbocycles. The Morgan fingerprint density at radius 3 is 2.68 bits per heavy atom. The van der Waals surface area contributed by atoms with Crippen LogP contribution in [0.5, 0.6) is 11.5 Å². The smallest absolute Gasteiger partial charge is 0.336 e. The standard InChI is InChI=1S/C28H31NO5/c1-29-14-13-28-17-22(30)24(33-3)16-20(28)21(29)15-19-10-11-23(32-2)27(26(19)28)34-25(31)12-9-18-7-5-4-6-8-18/h4-12,20-21,24H,13-17H2,1-3H3/b12-9+/t20-,21+,24-,28-/m1/s1. The van der Waals surface area contributed by atoms with E-state index in [1.54, 1.807) is 20.3 Å². The highest BCUT2D eigenvalue weighted by Crippen LogP contribution is 2.58. The van der Waals surface area contributed by atoms with Crippen molar-refractivity contribution in [1.82, 2.24) is 4.90 Å². The van der Waals surface area contributed by atoms with E-state index in [2.05, 4.69) is 18.0 Å². The number of likely N-dealkylation sites (tertiary alicyclic amines) is 1. The minimum Gasteiger partial charge on any atom is -0.493 e. The van der Waals surface area contributed by atoms with Gasteiger partial charge in [0.15, 0.2) is 17.3 Å². The molecule has 6 nitrogen and oxygen atoms in total. The molecule has 2 aromatic carbocycles. The third kappa shape index (κ3) is 3.75. The van der Waals surface area contributed by atoms with E-state index in [4.69, 9.17) is 14.2 Å². The van der Waals surface area contributed by atoms with Crippen molar-refractivity contribution in [3.8, 4) is 11.5 Å². The van der Waals surface area contributed by atoms with Gasteiger partial charge in [-0.3, -0.25) is 4.79 Å². The Balaban J connectivity index is 1.57. The first-order valence-electron chi connectivity index (χ1n) is 11.9. The molecule has 0 radical (unpaired) electrons. The molecule has 0 N–H and O–H groups in total. The maximum absolute atomic E-state index is 13.1. The van der Waals surface area contributed by atoms with Gasteiger partial charge in [-0.1, -0.05) is 36.4 Å². The normalized spacial score (nSPS) is 28.3. The molecule has 0 spiro atoms. The number of rotatable bonds is 5. The molecule has 2 aromatic rings. The topological polar surface area (TPSA) is 65.1 Å². The van der Waals surface area contributed by atoms with Crippen LogP contribution in [0, 0.1) is 5.92 Å². The number of hydrogen-bond donors (Lipinski definition) is 0. The quantitative estimate of drug-likeness (QED) is 0.383. The number of nitrogens with zero attached hydrogens (tertiary/aromatic N) is 1. The summed E-state index contributed by atoms with van der Waals surface area (Å²) in [4.78, 5) is 28.5. The summed E-state index contributed by atoms with van der Waals surface area (Å²) in [7, 11) is 5.37. The lowest BCUT2D eigenvalue weighted by Crippen LogP contribution is -2.63. The molecule has 4 atom stereocenters. The first-order chi connectivity index (χ1) is 16.5. The molecule has 6 heteroatoms. The van der Waals surface area contributed by atoms with Crippen LogP contribution in [0.1, 0.15) is 36.0 Å². The first-order valence-corrected chi connectivity index (χ1v) is 11.9. The van der Waals surface area contributed by atoms with Gasteiger partial charge in [0.25, 0.3) is 0 Å². The van der Waals surface area contributed by atoms with Crippen molar-refractivity contribution in [3.63, 3.8) is 0 Å². The van der Waals surface area contributed by atoms with Crippen LogP contribution in [-0.4, -0.2) is 56.6 Å². The highest BCUT2D eigenvalue weighted by atomic mass is 16.6. The molecule has 2 fully saturated rings. The lowest BCUT2D eigenvalue weighted by molar-refractivity contribution is -0.141. The summed E-state index contributed by atoms with van der Waals surface area (Å²) in [5.74, 6) is 0.881. The molecule has 2 aliphatic carbocycles. The summed E-state index contributed by atoms with van der Waals surface area (Å²) < 4.78 is 17.2. The van der Waals surface area contributed by atoms with E-state index in [-0.39, 0.29) is 23.2 Å². The number of likely N-dealkylation sites (N-methyl/N-ethyl adjacent to an activating group) is 1.